The molecule has 1 saturated carbocycles. The van der Waals surface area contributed by atoms with Crippen LogP contribution in [0.25, 0.3) is 0 Å². The maximum Gasteiger partial charge on any atom is 0.416 e. The molecule has 0 N–H and O–H groups in total. The quantitative estimate of drug-likeness (QED) is 0.339. The number of hydrogen-bond donors (Lipinski definition) is 0. The standard InChI is InChI=1S/C24H39F3N2O3S/c1-4-17-28(2)18-7-5-6-8-19-32-22-13-11-21(12-14-22)29(3)33(30,31)23-15-9-20(10-16-23)24(25,26)27/h9-10,15-16,21-22H,4-8,11-14,17-19H2,1-3H3/t21-,22-. The predicted octanol–water partition coefficient (Wildman–Crippen LogP) is 5.56. The van der Waals surface area contributed by atoms with Crippen molar-refractivity contribution in [3.05, 3.63) is 29.8 Å². The highest BCUT2D eigenvalue weighted by Gasteiger charge is 2.34. The van der Waals surface area contributed by atoms with Crippen LogP contribution < -0.4 is 0 Å². The van der Waals surface area contributed by atoms with Gasteiger partial charge in [0, 0.05) is 19.7 Å². The first-order valence-corrected chi connectivity index (χ1v) is 13.4. The molecule has 190 valence electrons. The van der Waals surface area contributed by atoms with Gasteiger partial charge in [-0.1, -0.05) is 19.8 Å². The van der Waals surface area contributed by atoms with E-state index in [-0.39, 0.29) is 17.0 Å². The smallest absolute Gasteiger partial charge is 0.378 e. The topological polar surface area (TPSA) is 49.9 Å². The monoisotopic (exact) mass is 492 g/mol. The van der Waals surface area contributed by atoms with E-state index in [4.69, 9.17) is 4.74 Å². The van der Waals surface area contributed by atoms with Crippen molar-refractivity contribution in [1.29, 1.82) is 0 Å². The Balaban J connectivity index is 1.70. The SMILES string of the molecule is CCCN(C)CCCCCCO[C@H]1CC[C@H](N(C)S(=O)(=O)c2ccc(C(F)(F)F)cc2)CC1. The fraction of sp³-hybridized carbons (Fsp3) is 0.750. The van der Waals surface area contributed by atoms with Crippen molar-refractivity contribution in [2.24, 2.45) is 0 Å². The zero-order valence-corrected chi connectivity index (χ0v) is 20.9. The number of alkyl halides is 3. The summed E-state index contributed by atoms with van der Waals surface area (Å²) in [6.45, 7) is 5.21. The highest BCUT2D eigenvalue weighted by atomic mass is 32.2. The molecule has 1 aliphatic rings. The van der Waals surface area contributed by atoms with Crippen molar-refractivity contribution in [3.8, 4) is 0 Å². The van der Waals surface area contributed by atoms with Gasteiger partial charge in [-0.2, -0.15) is 17.5 Å². The lowest BCUT2D eigenvalue weighted by Crippen LogP contribution is -2.40. The van der Waals surface area contributed by atoms with E-state index in [0.717, 1.165) is 69.6 Å². The Labute approximate surface area is 197 Å². The van der Waals surface area contributed by atoms with Gasteiger partial charge in [0.15, 0.2) is 0 Å². The second kappa shape index (κ2) is 13.1. The van der Waals surface area contributed by atoms with Crippen molar-refractivity contribution in [3.63, 3.8) is 0 Å². The highest BCUT2D eigenvalue weighted by Crippen LogP contribution is 2.32. The molecule has 0 atom stereocenters. The predicted molar refractivity (Wildman–Crippen MR) is 125 cm³/mol. The zero-order valence-electron chi connectivity index (χ0n) is 20.1. The molecular weight excluding hydrogens is 453 g/mol. The molecule has 1 aliphatic carbocycles. The Kier molecular flexibility index (Phi) is 11.1. The van der Waals surface area contributed by atoms with Crippen LogP contribution in [0, 0.1) is 0 Å². The van der Waals surface area contributed by atoms with Crippen LogP contribution in [-0.4, -0.2) is 63.6 Å². The second-order valence-corrected chi connectivity index (χ2v) is 11.1. The fourth-order valence-corrected chi connectivity index (χ4v) is 5.75. The molecule has 9 heteroatoms. The average Bonchev–Trinajstić information content (AvgIpc) is 2.78. The minimum Gasteiger partial charge on any atom is -0.378 e. The lowest BCUT2D eigenvalue weighted by atomic mass is 9.93. The minimum atomic E-state index is -4.49. The van der Waals surface area contributed by atoms with Gasteiger partial charge in [0.25, 0.3) is 0 Å². The van der Waals surface area contributed by atoms with E-state index < -0.39 is 21.8 Å². The molecule has 1 aromatic carbocycles. The van der Waals surface area contributed by atoms with Gasteiger partial charge in [-0.15, -0.1) is 0 Å². The summed E-state index contributed by atoms with van der Waals surface area (Å²) in [5.41, 5.74) is -0.856. The van der Waals surface area contributed by atoms with E-state index >= 15 is 0 Å². The van der Waals surface area contributed by atoms with Crippen LogP contribution in [0.2, 0.25) is 0 Å². The van der Waals surface area contributed by atoms with Gasteiger partial charge in [0.1, 0.15) is 0 Å². The van der Waals surface area contributed by atoms with Gasteiger partial charge in [-0.05, 0) is 89.3 Å². The molecule has 0 heterocycles. The Hall–Kier alpha value is -1.16. The number of sulfonamides is 1. The Morgan fingerprint density at radius 2 is 1.55 bits per heavy atom. The largest absolute Gasteiger partial charge is 0.416 e. The van der Waals surface area contributed by atoms with Crippen molar-refractivity contribution in [2.75, 3.05) is 33.8 Å². The Morgan fingerprint density at radius 1 is 0.939 bits per heavy atom. The summed E-state index contributed by atoms with van der Waals surface area (Å²) < 4.78 is 71.3. The van der Waals surface area contributed by atoms with Gasteiger partial charge in [0.2, 0.25) is 10.0 Å². The zero-order chi connectivity index (χ0) is 24.5. The average molecular weight is 493 g/mol. The van der Waals surface area contributed by atoms with Crippen molar-refractivity contribution >= 4 is 10.0 Å². The maximum atomic E-state index is 12.9. The van der Waals surface area contributed by atoms with E-state index in [9.17, 15) is 21.6 Å². The first-order valence-electron chi connectivity index (χ1n) is 12.0. The number of ether oxygens (including phenoxy) is 1. The third kappa shape index (κ3) is 8.85. The van der Waals surface area contributed by atoms with Crippen LogP contribution in [-0.2, 0) is 20.9 Å². The second-order valence-electron chi connectivity index (χ2n) is 9.06. The molecular formula is C24H39F3N2O3S. The highest BCUT2D eigenvalue weighted by molar-refractivity contribution is 7.89. The van der Waals surface area contributed by atoms with E-state index in [2.05, 4.69) is 18.9 Å². The molecule has 0 amide bonds. The van der Waals surface area contributed by atoms with Gasteiger partial charge < -0.3 is 9.64 Å². The molecule has 1 aromatic rings. The molecule has 0 aromatic heterocycles. The first kappa shape index (κ1) is 28.1. The van der Waals surface area contributed by atoms with Crippen molar-refractivity contribution in [1.82, 2.24) is 9.21 Å². The summed E-state index contributed by atoms with van der Waals surface area (Å²) in [4.78, 5) is 2.25. The summed E-state index contributed by atoms with van der Waals surface area (Å²) >= 11 is 0. The molecule has 0 bridgehead atoms. The number of hydrogen-bond acceptors (Lipinski definition) is 4. The lowest BCUT2D eigenvalue weighted by Gasteiger charge is -2.34. The molecule has 33 heavy (non-hydrogen) atoms. The summed E-state index contributed by atoms with van der Waals surface area (Å²) in [6, 6.07) is 3.53. The van der Waals surface area contributed by atoms with Crippen LogP contribution in [0.5, 0.6) is 0 Å². The summed E-state index contributed by atoms with van der Waals surface area (Å²) in [5, 5.41) is 0. The molecule has 0 aliphatic heterocycles. The van der Waals surface area contributed by atoms with Crippen LogP contribution in [0.3, 0.4) is 0 Å². The van der Waals surface area contributed by atoms with Gasteiger partial charge >= 0.3 is 6.18 Å². The van der Waals surface area contributed by atoms with Gasteiger partial charge in [-0.25, -0.2) is 8.42 Å². The van der Waals surface area contributed by atoms with Gasteiger partial charge in [0.05, 0.1) is 16.6 Å². The van der Waals surface area contributed by atoms with E-state index in [1.165, 1.54) is 30.6 Å². The van der Waals surface area contributed by atoms with Crippen molar-refractivity contribution in [2.45, 2.75) is 87.9 Å². The normalized spacial score (nSPS) is 20.0. The molecule has 2 rings (SSSR count). The van der Waals surface area contributed by atoms with E-state index in [0.29, 0.717) is 12.8 Å². The molecule has 0 radical (unpaired) electrons. The maximum absolute atomic E-state index is 12.9. The third-order valence-corrected chi connectivity index (χ3v) is 8.33. The number of benzene rings is 1. The first-order chi connectivity index (χ1) is 15.6. The molecule has 1 fully saturated rings. The fourth-order valence-electron chi connectivity index (χ4n) is 4.33. The summed E-state index contributed by atoms with van der Waals surface area (Å²) in [7, 11) is -0.164. The van der Waals surface area contributed by atoms with E-state index in [1.807, 2.05) is 0 Å². The van der Waals surface area contributed by atoms with E-state index in [1.54, 1.807) is 0 Å². The summed E-state index contributed by atoms with van der Waals surface area (Å²) in [6.07, 6.45) is 4.41. The number of unbranched alkanes of at least 4 members (excludes halogenated alkanes) is 3. The number of nitrogens with zero attached hydrogens (tertiary/aromatic N) is 2. The molecule has 0 unspecified atom stereocenters. The number of halogens is 3. The van der Waals surface area contributed by atoms with Crippen LogP contribution in [0.15, 0.2) is 29.2 Å². The molecule has 0 spiro atoms. The van der Waals surface area contributed by atoms with Crippen molar-refractivity contribution < 1.29 is 26.3 Å². The molecule has 0 saturated heterocycles. The lowest BCUT2D eigenvalue weighted by molar-refractivity contribution is -0.137. The minimum absolute atomic E-state index is 0.114. The third-order valence-electron chi connectivity index (χ3n) is 6.41. The van der Waals surface area contributed by atoms with Gasteiger partial charge in [-0.3, -0.25) is 0 Å². The molecule has 5 nitrogen and oxygen atoms in total. The van der Waals surface area contributed by atoms with Crippen LogP contribution in [0.4, 0.5) is 13.2 Å². The summed E-state index contributed by atoms with van der Waals surface area (Å²) in [5.74, 6) is 0. The number of rotatable bonds is 13. The Morgan fingerprint density at radius 3 is 2.12 bits per heavy atom. The Bertz CT molecular complexity index is 792. The van der Waals surface area contributed by atoms with Crippen LogP contribution in [0.1, 0.15) is 70.3 Å². The van der Waals surface area contributed by atoms with Crippen LogP contribution >= 0.6 is 0 Å².